The van der Waals surface area contributed by atoms with E-state index in [1.165, 1.54) is 13.8 Å². The highest BCUT2D eigenvalue weighted by atomic mass is 16.5. The van der Waals surface area contributed by atoms with Gasteiger partial charge in [-0.25, -0.2) is 4.98 Å². The van der Waals surface area contributed by atoms with E-state index in [-0.39, 0.29) is 12.6 Å². The number of ether oxygens (including phenoxy) is 2. The van der Waals surface area contributed by atoms with Crippen LogP contribution < -0.4 is 4.74 Å². The molecule has 0 saturated heterocycles. The first kappa shape index (κ1) is 13.0. The molecule has 2 rings (SSSR count). The van der Waals surface area contributed by atoms with Gasteiger partial charge in [-0.1, -0.05) is 18.2 Å². The molecular formula is C14H13NO4. The second-order valence-corrected chi connectivity index (χ2v) is 4.00. The summed E-state index contributed by atoms with van der Waals surface area (Å²) in [4.78, 5) is 26.2. The zero-order valence-electron chi connectivity index (χ0n) is 10.7. The third-order valence-corrected chi connectivity index (χ3v) is 2.42. The van der Waals surface area contributed by atoms with Gasteiger partial charge < -0.3 is 9.47 Å². The highest BCUT2D eigenvalue weighted by Crippen LogP contribution is 2.24. The standard InChI is InChI=1S/C14H13NO4/c1-9(16)18-8-12-7-6-11-4-3-5-13(14(11)15-12)19-10(2)17/h3-7H,8H2,1-2H3. The molecule has 2 aromatic rings. The number of para-hydroxylation sites is 1. The maximum Gasteiger partial charge on any atom is 0.308 e. The van der Waals surface area contributed by atoms with Crippen LogP contribution >= 0.6 is 0 Å². The van der Waals surface area contributed by atoms with Gasteiger partial charge in [0, 0.05) is 19.2 Å². The van der Waals surface area contributed by atoms with Gasteiger partial charge in [0.1, 0.15) is 12.1 Å². The topological polar surface area (TPSA) is 65.5 Å². The van der Waals surface area contributed by atoms with Gasteiger partial charge >= 0.3 is 11.9 Å². The van der Waals surface area contributed by atoms with E-state index >= 15 is 0 Å². The minimum absolute atomic E-state index is 0.0969. The van der Waals surface area contributed by atoms with Crippen molar-refractivity contribution in [1.29, 1.82) is 0 Å². The zero-order chi connectivity index (χ0) is 13.8. The van der Waals surface area contributed by atoms with Gasteiger partial charge in [-0.05, 0) is 12.1 Å². The minimum Gasteiger partial charge on any atom is -0.459 e. The molecule has 5 nitrogen and oxygen atoms in total. The molecule has 0 bridgehead atoms. The summed E-state index contributed by atoms with van der Waals surface area (Å²) in [7, 11) is 0. The molecular weight excluding hydrogens is 246 g/mol. The number of pyridine rings is 1. The molecule has 98 valence electrons. The number of aromatic nitrogens is 1. The van der Waals surface area contributed by atoms with Gasteiger partial charge in [0.15, 0.2) is 5.75 Å². The normalized spacial score (nSPS) is 10.2. The lowest BCUT2D eigenvalue weighted by Crippen LogP contribution is -2.04. The lowest BCUT2D eigenvalue weighted by Gasteiger charge is -2.07. The number of rotatable bonds is 3. The number of fused-ring (bicyclic) bond motifs is 1. The third-order valence-electron chi connectivity index (χ3n) is 2.42. The molecule has 0 radical (unpaired) electrons. The van der Waals surface area contributed by atoms with Crippen LogP contribution in [0.15, 0.2) is 30.3 Å². The van der Waals surface area contributed by atoms with Crippen molar-refractivity contribution >= 4 is 22.8 Å². The van der Waals surface area contributed by atoms with E-state index in [2.05, 4.69) is 4.98 Å². The lowest BCUT2D eigenvalue weighted by atomic mass is 10.2. The quantitative estimate of drug-likeness (QED) is 0.624. The van der Waals surface area contributed by atoms with Crippen LogP contribution in [0.1, 0.15) is 19.5 Å². The molecule has 1 heterocycles. The number of hydrogen-bond acceptors (Lipinski definition) is 5. The predicted octanol–water partition coefficient (Wildman–Crippen LogP) is 2.22. The smallest absolute Gasteiger partial charge is 0.308 e. The minimum atomic E-state index is -0.403. The van der Waals surface area contributed by atoms with Gasteiger partial charge in [0.05, 0.1) is 5.69 Å². The second kappa shape index (κ2) is 5.48. The van der Waals surface area contributed by atoms with Crippen LogP contribution in [0.2, 0.25) is 0 Å². The van der Waals surface area contributed by atoms with Crippen molar-refractivity contribution in [3.05, 3.63) is 36.0 Å². The Morgan fingerprint density at radius 1 is 1.11 bits per heavy atom. The SMILES string of the molecule is CC(=O)OCc1ccc2cccc(OC(C)=O)c2n1. The summed E-state index contributed by atoms with van der Waals surface area (Å²) in [5.41, 5.74) is 1.17. The van der Waals surface area contributed by atoms with Crippen molar-refractivity contribution in [2.24, 2.45) is 0 Å². The molecule has 0 aliphatic carbocycles. The number of carbonyl (C=O) groups excluding carboxylic acids is 2. The van der Waals surface area contributed by atoms with Crippen LogP contribution in [0, 0.1) is 0 Å². The van der Waals surface area contributed by atoms with E-state index in [9.17, 15) is 9.59 Å². The van der Waals surface area contributed by atoms with Crippen molar-refractivity contribution in [2.75, 3.05) is 0 Å². The fourth-order valence-electron chi connectivity index (χ4n) is 1.65. The first-order chi connectivity index (χ1) is 9.06. The number of esters is 2. The van der Waals surface area contributed by atoms with Gasteiger partial charge in [0.25, 0.3) is 0 Å². The van der Waals surface area contributed by atoms with E-state index < -0.39 is 5.97 Å². The average Bonchev–Trinajstić information content (AvgIpc) is 2.36. The van der Waals surface area contributed by atoms with Crippen LogP contribution in [-0.4, -0.2) is 16.9 Å². The molecule has 0 fully saturated rings. The Hall–Kier alpha value is -2.43. The Kier molecular flexibility index (Phi) is 3.75. The van der Waals surface area contributed by atoms with E-state index in [0.29, 0.717) is 17.0 Å². The highest BCUT2D eigenvalue weighted by molar-refractivity contribution is 5.86. The van der Waals surface area contributed by atoms with Crippen LogP contribution in [0.4, 0.5) is 0 Å². The second-order valence-electron chi connectivity index (χ2n) is 4.00. The third kappa shape index (κ3) is 3.28. The largest absolute Gasteiger partial charge is 0.459 e. The monoisotopic (exact) mass is 259 g/mol. The van der Waals surface area contributed by atoms with E-state index in [4.69, 9.17) is 9.47 Å². The molecule has 1 aromatic carbocycles. The van der Waals surface area contributed by atoms with Crippen LogP contribution in [0.5, 0.6) is 5.75 Å². The van der Waals surface area contributed by atoms with Gasteiger partial charge in [-0.15, -0.1) is 0 Å². The summed E-state index contributed by atoms with van der Waals surface area (Å²) in [6.45, 7) is 2.77. The van der Waals surface area contributed by atoms with Crippen molar-refractivity contribution < 1.29 is 19.1 Å². The predicted molar refractivity (Wildman–Crippen MR) is 68.5 cm³/mol. The number of carbonyl (C=O) groups is 2. The Labute approximate surface area is 110 Å². The molecule has 0 unspecified atom stereocenters. The zero-order valence-corrected chi connectivity index (χ0v) is 10.7. The van der Waals surface area contributed by atoms with E-state index in [0.717, 1.165) is 5.39 Å². The van der Waals surface area contributed by atoms with Crippen LogP contribution in [0.25, 0.3) is 10.9 Å². The Morgan fingerprint density at radius 2 is 1.89 bits per heavy atom. The first-order valence-electron chi connectivity index (χ1n) is 5.76. The Morgan fingerprint density at radius 3 is 2.58 bits per heavy atom. The summed E-state index contributed by atoms with van der Waals surface area (Å²) in [5, 5.41) is 0.852. The molecule has 0 aliphatic rings. The maximum atomic E-state index is 11.0. The lowest BCUT2D eigenvalue weighted by molar-refractivity contribution is -0.142. The molecule has 0 N–H and O–H groups in total. The van der Waals surface area contributed by atoms with Crippen molar-refractivity contribution in [2.45, 2.75) is 20.5 Å². The molecule has 19 heavy (non-hydrogen) atoms. The molecule has 0 saturated carbocycles. The fourth-order valence-corrected chi connectivity index (χ4v) is 1.65. The number of nitrogens with zero attached hydrogens (tertiary/aromatic N) is 1. The first-order valence-corrected chi connectivity index (χ1v) is 5.76. The summed E-state index contributed by atoms with van der Waals surface area (Å²) in [6, 6.07) is 8.93. The number of benzene rings is 1. The fraction of sp³-hybridized carbons (Fsp3) is 0.214. The summed E-state index contributed by atoms with van der Waals surface area (Å²) >= 11 is 0. The van der Waals surface area contributed by atoms with Crippen LogP contribution in [-0.2, 0) is 20.9 Å². The van der Waals surface area contributed by atoms with Gasteiger partial charge in [0.2, 0.25) is 0 Å². The Bertz CT molecular complexity index is 636. The van der Waals surface area contributed by atoms with Crippen molar-refractivity contribution in [1.82, 2.24) is 4.98 Å². The van der Waals surface area contributed by atoms with Crippen molar-refractivity contribution in [3.8, 4) is 5.75 Å². The Balaban J connectivity index is 2.38. The summed E-state index contributed by atoms with van der Waals surface area (Å²) in [5.74, 6) is -0.371. The summed E-state index contributed by atoms with van der Waals surface area (Å²) < 4.78 is 9.99. The molecule has 1 aromatic heterocycles. The van der Waals surface area contributed by atoms with E-state index in [1.54, 1.807) is 18.2 Å². The average molecular weight is 259 g/mol. The molecule has 0 atom stereocenters. The summed E-state index contributed by atoms with van der Waals surface area (Å²) in [6.07, 6.45) is 0. The molecule has 0 amide bonds. The van der Waals surface area contributed by atoms with Crippen LogP contribution in [0.3, 0.4) is 0 Å². The van der Waals surface area contributed by atoms with Gasteiger partial charge in [-0.2, -0.15) is 0 Å². The molecule has 0 aliphatic heterocycles. The van der Waals surface area contributed by atoms with Gasteiger partial charge in [-0.3, -0.25) is 9.59 Å². The van der Waals surface area contributed by atoms with E-state index in [1.807, 2.05) is 12.1 Å². The molecule has 0 spiro atoms. The molecule has 5 heteroatoms. The number of hydrogen-bond donors (Lipinski definition) is 0. The maximum absolute atomic E-state index is 11.0. The highest BCUT2D eigenvalue weighted by Gasteiger charge is 2.07. The van der Waals surface area contributed by atoms with Crippen molar-refractivity contribution in [3.63, 3.8) is 0 Å².